The molecule has 6 nitrogen and oxygen atoms in total. The molecule has 2 aromatic rings. The fourth-order valence-electron chi connectivity index (χ4n) is 2.95. The molecular weight excluding hydrogens is 354 g/mol. The lowest BCUT2D eigenvalue weighted by Crippen LogP contribution is -2.29. The zero-order valence-corrected chi connectivity index (χ0v) is 14.9. The maximum Gasteiger partial charge on any atom is 0.305 e. The second kappa shape index (κ2) is 7.10. The standard InChI is InChI=1S/C19H17NO5S/c1-2-3-12-25-15-10-8-14(9-11-15)20-17(13-19(21)22)16-6-4-5-7-18(16)26(20,23)24/h4-11,17H,12-13H2,1H3,(H,21,22). The average molecular weight is 371 g/mol. The molecule has 7 heteroatoms. The Morgan fingerprint density at radius 1 is 1.19 bits per heavy atom. The molecule has 0 radical (unpaired) electrons. The van der Waals surface area contributed by atoms with E-state index in [0.29, 0.717) is 17.0 Å². The molecule has 2 aromatic carbocycles. The van der Waals surface area contributed by atoms with Crippen molar-refractivity contribution in [2.75, 3.05) is 10.9 Å². The van der Waals surface area contributed by atoms with Gasteiger partial charge in [0.25, 0.3) is 10.0 Å². The van der Waals surface area contributed by atoms with Crippen molar-refractivity contribution in [2.45, 2.75) is 24.3 Å². The van der Waals surface area contributed by atoms with E-state index in [1.165, 1.54) is 10.4 Å². The van der Waals surface area contributed by atoms with Gasteiger partial charge in [-0.2, -0.15) is 0 Å². The smallest absolute Gasteiger partial charge is 0.305 e. The van der Waals surface area contributed by atoms with Crippen molar-refractivity contribution in [3.05, 3.63) is 54.1 Å². The number of benzene rings is 2. The van der Waals surface area contributed by atoms with E-state index in [1.54, 1.807) is 49.4 Å². The summed E-state index contributed by atoms with van der Waals surface area (Å²) in [4.78, 5) is 11.4. The number of fused-ring (bicyclic) bond motifs is 1. The van der Waals surface area contributed by atoms with Gasteiger partial charge in [-0.15, -0.1) is 5.92 Å². The first-order valence-corrected chi connectivity index (χ1v) is 9.37. The molecule has 0 saturated heterocycles. The van der Waals surface area contributed by atoms with E-state index in [1.807, 2.05) is 0 Å². The monoisotopic (exact) mass is 371 g/mol. The van der Waals surface area contributed by atoms with Crippen molar-refractivity contribution in [3.63, 3.8) is 0 Å². The van der Waals surface area contributed by atoms with Crippen LogP contribution in [0.5, 0.6) is 5.75 Å². The lowest BCUT2D eigenvalue weighted by molar-refractivity contribution is -0.137. The van der Waals surface area contributed by atoms with Gasteiger partial charge in [-0.1, -0.05) is 24.1 Å². The number of rotatable bonds is 5. The van der Waals surface area contributed by atoms with Crippen LogP contribution in [0.4, 0.5) is 5.69 Å². The molecule has 3 rings (SSSR count). The van der Waals surface area contributed by atoms with Crippen LogP contribution >= 0.6 is 0 Å². The minimum absolute atomic E-state index is 0.143. The predicted molar refractivity (Wildman–Crippen MR) is 96.5 cm³/mol. The van der Waals surface area contributed by atoms with Crippen LogP contribution < -0.4 is 9.04 Å². The number of ether oxygens (including phenoxy) is 1. The molecule has 0 saturated carbocycles. The molecule has 0 amide bonds. The lowest BCUT2D eigenvalue weighted by atomic mass is 10.0. The van der Waals surface area contributed by atoms with Crippen LogP contribution in [0.1, 0.15) is 24.9 Å². The number of anilines is 1. The molecule has 1 atom stereocenters. The Hall–Kier alpha value is -2.98. The first-order valence-electron chi connectivity index (χ1n) is 7.93. The van der Waals surface area contributed by atoms with Gasteiger partial charge < -0.3 is 9.84 Å². The van der Waals surface area contributed by atoms with Gasteiger partial charge in [0.1, 0.15) is 12.4 Å². The molecule has 0 aromatic heterocycles. The third-order valence-corrected chi connectivity index (χ3v) is 5.96. The van der Waals surface area contributed by atoms with Crippen LogP contribution in [0.2, 0.25) is 0 Å². The lowest BCUT2D eigenvalue weighted by Gasteiger charge is -2.24. The molecule has 134 valence electrons. The molecule has 0 spiro atoms. The van der Waals surface area contributed by atoms with E-state index in [9.17, 15) is 18.3 Å². The van der Waals surface area contributed by atoms with Gasteiger partial charge >= 0.3 is 5.97 Å². The molecule has 1 heterocycles. The number of aliphatic carboxylic acids is 1. The van der Waals surface area contributed by atoms with E-state index in [0.717, 1.165) is 0 Å². The number of sulfonamides is 1. The number of hydrogen-bond donors (Lipinski definition) is 1. The summed E-state index contributed by atoms with van der Waals surface area (Å²) < 4.78 is 32.5. The second-order valence-corrected chi connectivity index (χ2v) is 7.45. The Balaban J connectivity index is 1.99. The van der Waals surface area contributed by atoms with Gasteiger partial charge in [-0.05, 0) is 42.8 Å². The first-order chi connectivity index (χ1) is 12.4. The molecule has 1 aliphatic rings. The van der Waals surface area contributed by atoms with Gasteiger partial charge in [-0.3, -0.25) is 9.10 Å². The van der Waals surface area contributed by atoms with E-state index in [4.69, 9.17) is 4.74 Å². The number of hydrogen-bond acceptors (Lipinski definition) is 4. The fraction of sp³-hybridized carbons (Fsp3) is 0.211. The van der Waals surface area contributed by atoms with Crippen LogP contribution in [0.25, 0.3) is 0 Å². The Morgan fingerprint density at radius 2 is 1.88 bits per heavy atom. The maximum atomic E-state index is 13.0. The fourth-order valence-corrected chi connectivity index (χ4v) is 4.84. The highest BCUT2D eigenvalue weighted by atomic mass is 32.2. The zero-order valence-electron chi connectivity index (χ0n) is 14.0. The van der Waals surface area contributed by atoms with Gasteiger partial charge in [-0.25, -0.2) is 8.42 Å². The molecule has 1 unspecified atom stereocenters. The van der Waals surface area contributed by atoms with Crippen LogP contribution in [0.15, 0.2) is 53.4 Å². The van der Waals surface area contributed by atoms with Crippen molar-refractivity contribution >= 4 is 21.7 Å². The Labute approximate surface area is 152 Å². The summed E-state index contributed by atoms with van der Waals surface area (Å²) in [5.74, 6) is 4.99. The Bertz CT molecular complexity index is 987. The Kier molecular flexibility index (Phi) is 4.87. The predicted octanol–water partition coefficient (Wildman–Crippen LogP) is 2.81. The van der Waals surface area contributed by atoms with Crippen LogP contribution in [0, 0.1) is 11.8 Å². The summed E-state index contributed by atoms with van der Waals surface area (Å²) in [6.07, 6.45) is -0.319. The number of carboxylic acid groups (broad SMARTS) is 1. The van der Waals surface area contributed by atoms with E-state index < -0.39 is 22.0 Å². The third-order valence-electron chi connectivity index (χ3n) is 4.04. The third kappa shape index (κ3) is 3.24. The van der Waals surface area contributed by atoms with Crippen molar-refractivity contribution in [1.82, 2.24) is 0 Å². The summed E-state index contributed by atoms with van der Waals surface area (Å²) in [5.41, 5.74) is 0.884. The number of carbonyl (C=O) groups is 1. The highest BCUT2D eigenvalue weighted by Gasteiger charge is 2.43. The van der Waals surface area contributed by atoms with Gasteiger partial charge in [0.15, 0.2) is 0 Å². The molecule has 0 fully saturated rings. The van der Waals surface area contributed by atoms with Gasteiger partial charge in [0.05, 0.1) is 23.0 Å². The summed E-state index contributed by atoms with van der Waals surface area (Å²) in [6, 6.07) is 12.2. The highest BCUT2D eigenvalue weighted by Crippen LogP contribution is 2.44. The molecule has 0 bridgehead atoms. The normalized spacial score (nSPS) is 17.1. The topological polar surface area (TPSA) is 83.9 Å². The van der Waals surface area contributed by atoms with Gasteiger partial charge in [0, 0.05) is 0 Å². The second-order valence-electron chi connectivity index (χ2n) is 5.66. The van der Waals surface area contributed by atoms with Crippen LogP contribution in [0.3, 0.4) is 0 Å². The molecule has 1 aliphatic heterocycles. The molecule has 26 heavy (non-hydrogen) atoms. The van der Waals surface area contributed by atoms with Crippen molar-refractivity contribution in [3.8, 4) is 17.6 Å². The SMILES string of the molecule is CC#CCOc1ccc(N2C(CC(=O)O)c3ccccc3S2(=O)=O)cc1. The minimum Gasteiger partial charge on any atom is -0.481 e. The zero-order chi connectivity index (χ0) is 18.7. The van der Waals surface area contributed by atoms with Crippen molar-refractivity contribution in [1.29, 1.82) is 0 Å². The minimum atomic E-state index is -3.82. The summed E-state index contributed by atoms with van der Waals surface area (Å²) in [5, 5.41) is 9.24. The molecule has 0 aliphatic carbocycles. The van der Waals surface area contributed by atoms with Crippen LogP contribution in [-0.4, -0.2) is 26.1 Å². The number of carboxylic acids is 1. The Morgan fingerprint density at radius 3 is 2.54 bits per heavy atom. The first kappa shape index (κ1) is 17.8. The highest BCUT2D eigenvalue weighted by molar-refractivity contribution is 7.93. The molecular formula is C19H17NO5S. The van der Waals surface area contributed by atoms with E-state index in [-0.39, 0.29) is 17.9 Å². The van der Waals surface area contributed by atoms with Gasteiger partial charge in [0.2, 0.25) is 0 Å². The number of nitrogens with zero attached hydrogens (tertiary/aromatic N) is 1. The van der Waals surface area contributed by atoms with Crippen molar-refractivity contribution < 1.29 is 23.1 Å². The largest absolute Gasteiger partial charge is 0.481 e. The average Bonchev–Trinajstić information content (AvgIpc) is 2.83. The molecule has 1 N–H and O–H groups in total. The summed E-state index contributed by atoms with van der Waals surface area (Å²) in [7, 11) is -3.82. The maximum absolute atomic E-state index is 13.0. The van der Waals surface area contributed by atoms with Crippen LogP contribution in [-0.2, 0) is 14.8 Å². The quantitative estimate of drug-likeness (QED) is 0.817. The summed E-state index contributed by atoms with van der Waals surface area (Å²) >= 11 is 0. The van der Waals surface area contributed by atoms with E-state index >= 15 is 0 Å². The summed E-state index contributed by atoms with van der Waals surface area (Å²) in [6.45, 7) is 1.95. The van der Waals surface area contributed by atoms with Crippen molar-refractivity contribution in [2.24, 2.45) is 0 Å². The van der Waals surface area contributed by atoms with E-state index in [2.05, 4.69) is 11.8 Å².